The minimum atomic E-state index is -0.687. The molecular weight excluding hydrogens is 392 g/mol. The second-order valence-corrected chi connectivity index (χ2v) is 6.80. The maximum atomic E-state index is 12.9. The van der Waals surface area contributed by atoms with Crippen molar-refractivity contribution in [1.82, 2.24) is 15.2 Å². The zero-order valence-corrected chi connectivity index (χ0v) is 15.2. The van der Waals surface area contributed by atoms with Crippen molar-refractivity contribution >= 4 is 46.6 Å². The number of hydrogen-bond acceptors (Lipinski definition) is 7. The number of halogens is 1. The van der Waals surface area contributed by atoms with Gasteiger partial charge in [-0.1, -0.05) is 53.7 Å². The Morgan fingerprint density at radius 2 is 2.04 bits per heavy atom. The molecule has 2 aromatic carbocycles. The fraction of sp³-hybridized carbons (Fsp3) is 0.0625. The molecule has 27 heavy (non-hydrogen) atoms. The molecule has 0 aliphatic carbocycles. The van der Waals surface area contributed by atoms with Crippen LogP contribution in [0.2, 0.25) is 5.02 Å². The number of amides is 1. The summed E-state index contributed by atoms with van der Waals surface area (Å²) >= 11 is 7.17. The summed E-state index contributed by atoms with van der Waals surface area (Å²) in [5, 5.41) is 19.7. The summed E-state index contributed by atoms with van der Waals surface area (Å²) in [4.78, 5) is 27.1. The molecule has 1 aromatic heterocycles. The lowest BCUT2D eigenvalue weighted by Gasteiger charge is -2.16. The number of benzene rings is 2. The van der Waals surface area contributed by atoms with Gasteiger partial charge in [0.1, 0.15) is 5.25 Å². The summed E-state index contributed by atoms with van der Waals surface area (Å²) in [6.07, 6.45) is 0. The van der Waals surface area contributed by atoms with Crippen LogP contribution in [0.5, 0.6) is 0 Å². The zero-order chi connectivity index (χ0) is 19.4. The van der Waals surface area contributed by atoms with Crippen molar-refractivity contribution < 1.29 is 9.72 Å². The van der Waals surface area contributed by atoms with Crippen LogP contribution in [0.1, 0.15) is 10.8 Å². The second kappa shape index (κ2) is 8.06. The van der Waals surface area contributed by atoms with Crippen LogP contribution in [0.25, 0.3) is 0 Å². The molecule has 1 atom stereocenters. The number of aromatic nitrogens is 3. The smallest absolute Gasteiger partial charge is 0.271 e. The number of nitrogens with two attached hydrogens (primary N) is 1. The largest absolute Gasteiger partial charge is 0.368 e. The summed E-state index contributed by atoms with van der Waals surface area (Å²) in [6.45, 7) is 0. The lowest BCUT2D eigenvalue weighted by atomic mass is 10.1. The minimum absolute atomic E-state index is 0.0662. The highest BCUT2D eigenvalue weighted by atomic mass is 35.5. The number of H-pyrrole nitrogens is 1. The van der Waals surface area contributed by atoms with Gasteiger partial charge < -0.3 is 11.1 Å². The third-order valence-corrected chi connectivity index (χ3v) is 4.90. The normalized spacial score (nSPS) is 11.7. The standard InChI is InChI=1S/C16H13ClN6O3S/c17-11-8-10(23(25)26)6-7-12(11)19-14(24)13(9-4-2-1-3-5-9)27-16-20-15(18)21-22-16/h1-8,13H,(H,19,24)(H3,18,20,21,22)/t13-/m0/s1. The van der Waals surface area contributed by atoms with Gasteiger partial charge in [0.15, 0.2) is 0 Å². The highest BCUT2D eigenvalue weighted by molar-refractivity contribution is 8.00. The van der Waals surface area contributed by atoms with Gasteiger partial charge in [-0.05, 0) is 11.6 Å². The van der Waals surface area contributed by atoms with E-state index in [1.54, 1.807) is 24.3 Å². The molecule has 1 heterocycles. The first-order chi connectivity index (χ1) is 12.9. The fourth-order valence-electron chi connectivity index (χ4n) is 2.23. The Morgan fingerprint density at radius 1 is 1.30 bits per heavy atom. The number of nitrogens with one attached hydrogen (secondary N) is 2. The molecule has 3 aromatic rings. The molecule has 0 aliphatic rings. The van der Waals surface area contributed by atoms with Gasteiger partial charge in [-0.25, -0.2) is 5.10 Å². The molecule has 0 aliphatic heterocycles. The Labute approximate surface area is 162 Å². The maximum Gasteiger partial charge on any atom is 0.271 e. The third-order valence-electron chi connectivity index (χ3n) is 3.47. The number of nitrogen functional groups attached to an aromatic ring is 1. The Balaban J connectivity index is 1.86. The highest BCUT2D eigenvalue weighted by Crippen LogP contribution is 2.35. The van der Waals surface area contributed by atoms with Crippen molar-refractivity contribution in [2.75, 3.05) is 11.1 Å². The molecular formula is C16H13ClN6O3S. The van der Waals surface area contributed by atoms with E-state index in [2.05, 4.69) is 20.5 Å². The summed E-state index contributed by atoms with van der Waals surface area (Å²) in [5.41, 5.74) is 6.36. The van der Waals surface area contributed by atoms with E-state index in [0.29, 0.717) is 5.16 Å². The molecule has 1 amide bonds. The lowest BCUT2D eigenvalue weighted by Crippen LogP contribution is -2.19. The number of anilines is 2. The number of nitrogens with zero attached hydrogens (tertiary/aromatic N) is 3. The van der Waals surface area contributed by atoms with Crippen LogP contribution in [-0.2, 0) is 4.79 Å². The van der Waals surface area contributed by atoms with Gasteiger partial charge in [0.25, 0.3) is 5.69 Å². The van der Waals surface area contributed by atoms with E-state index in [4.69, 9.17) is 17.3 Å². The number of nitro groups is 1. The van der Waals surface area contributed by atoms with Crippen LogP contribution >= 0.6 is 23.4 Å². The van der Waals surface area contributed by atoms with Crippen molar-refractivity contribution in [2.45, 2.75) is 10.4 Å². The quantitative estimate of drug-likeness (QED) is 0.324. The number of hydrogen-bond donors (Lipinski definition) is 3. The van der Waals surface area contributed by atoms with Crippen molar-refractivity contribution in [3.05, 3.63) is 69.2 Å². The highest BCUT2D eigenvalue weighted by Gasteiger charge is 2.25. The average Bonchev–Trinajstić information content (AvgIpc) is 3.07. The molecule has 0 radical (unpaired) electrons. The summed E-state index contributed by atoms with van der Waals surface area (Å²) in [5.74, 6) is -0.242. The Hall–Kier alpha value is -3.11. The van der Waals surface area contributed by atoms with Gasteiger partial charge in [0, 0.05) is 12.1 Å². The van der Waals surface area contributed by atoms with Gasteiger partial charge in [-0.3, -0.25) is 14.9 Å². The number of thioether (sulfide) groups is 1. The number of non-ortho nitro benzene ring substituents is 1. The van der Waals surface area contributed by atoms with Gasteiger partial charge in [0.2, 0.25) is 17.0 Å². The van der Waals surface area contributed by atoms with Gasteiger partial charge in [0.05, 0.1) is 15.6 Å². The van der Waals surface area contributed by atoms with Crippen LogP contribution in [-0.4, -0.2) is 26.0 Å². The summed E-state index contributed by atoms with van der Waals surface area (Å²) < 4.78 is 0. The first kappa shape index (κ1) is 18.7. The molecule has 138 valence electrons. The molecule has 0 fully saturated rings. The Kier molecular flexibility index (Phi) is 5.57. The van der Waals surface area contributed by atoms with Crippen LogP contribution in [0.4, 0.5) is 17.3 Å². The van der Waals surface area contributed by atoms with E-state index in [9.17, 15) is 14.9 Å². The van der Waals surface area contributed by atoms with Gasteiger partial charge in [-0.2, -0.15) is 4.98 Å². The monoisotopic (exact) mass is 404 g/mol. The molecule has 3 rings (SSSR count). The van der Waals surface area contributed by atoms with Crippen LogP contribution < -0.4 is 11.1 Å². The maximum absolute atomic E-state index is 12.9. The summed E-state index contributed by atoms with van der Waals surface area (Å²) in [6, 6.07) is 12.9. The van der Waals surface area contributed by atoms with Crippen molar-refractivity contribution in [3.8, 4) is 0 Å². The molecule has 0 spiro atoms. The minimum Gasteiger partial charge on any atom is -0.368 e. The molecule has 0 unspecified atom stereocenters. The van der Waals surface area contributed by atoms with E-state index in [1.165, 1.54) is 18.2 Å². The second-order valence-electron chi connectivity index (χ2n) is 5.32. The van der Waals surface area contributed by atoms with E-state index >= 15 is 0 Å². The predicted molar refractivity (Wildman–Crippen MR) is 103 cm³/mol. The van der Waals surface area contributed by atoms with Crippen molar-refractivity contribution in [1.29, 1.82) is 0 Å². The van der Waals surface area contributed by atoms with Crippen LogP contribution in [0.15, 0.2) is 53.7 Å². The molecule has 9 nitrogen and oxygen atoms in total. The van der Waals surface area contributed by atoms with Gasteiger partial charge >= 0.3 is 0 Å². The van der Waals surface area contributed by atoms with E-state index < -0.39 is 10.2 Å². The molecule has 11 heteroatoms. The predicted octanol–water partition coefficient (Wildman–Crippen LogP) is 3.42. The molecule has 4 N–H and O–H groups in total. The molecule has 0 bridgehead atoms. The topological polar surface area (TPSA) is 140 Å². The van der Waals surface area contributed by atoms with Crippen molar-refractivity contribution in [2.24, 2.45) is 0 Å². The SMILES string of the molecule is Nc1nc(S[C@H](C(=O)Nc2ccc([N+](=O)[O-])cc2Cl)c2ccccc2)n[nH]1. The Bertz CT molecular complexity index is 981. The van der Waals surface area contributed by atoms with E-state index in [-0.39, 0.29) is 28.3 Å². The van der Waals surface area contributed by atoms with Gasteiger partial charge in [-0.15, -0.1) is 5.10 Å². The summed E-state index contributed by atoms with van der Waals surface area (Å²) in [7, 11) is 0. The molecule has 0 saturated heterocycles. The number of carbonyl (C=O) groups excluding carboxylic acids is 1. The number of rotatable bonds is 6. The lowest BCUT2D eigenvalue weighted by molar-refractivity contribution is -0.384. The first-order valence-electron chi connectivity index (χ1n) is 7.58. The van der Waals surface area contributed by atoms with Crippen molar-refractivity contribution in [3.63, 3.8) is 0 Å². The van der Waals surface area contributed by atoms with E-state index in [1.807, 2.05) is 6.07 Å². The Morgan fingerprint density at radius 3 is 2.63 bits per heavy atom. The third kappa shape index (κ3) is 4.54. The molecule has 0 saturated carbocycles. The number of aromatic amines is 1. The van der Waals surface area contributed by atoms with Crippen LogP contribution in [0.3, 0.4) is 0 Å². The van der Waals surface area contributed by atoms with E-state index in [0.717, 1.165) is 17.3 Å². The number of carbonyl (C=O) groups is 1. The fourth-order valence-corrected chi connectivity index (χ4v) is 3.38. The average molecular weight is 405 g/mol. The first-order valence-corrected chi connectivity index (χ1v) is 8.84. The number of nitro benzene ring substituents is 1. The zero-order valence-electron chi connectivity index (χ0n) is 13.6. The van der Waals surface area contributed by atoms with Crippen LogP contribution in [0, 0.1) is 10.1 Å².